The van der Waals surface area contributed by atoms with E-state index in [2.05, 4.69) is 21.2 Å². The molecular formula is C19H21BrN2O4S2. The van der Waals surface area contributed by atoms with Crippen molar-refractivity contribution in [3.8, 4) is 0 Å². The van der Waals surface area contributed by atoms with E-state index in [4.69, 9.17) is 4.74 Å². The number of hydrogen-bond acceptors (Lipinski definition) is 5. The standard InChI is InChI=1S/C19H21BrN2O4S2/c20-16-4-6-17(7-5-16)27-13-8-21-19(23)15-2-1-3-18(14-15)28(24,25)22-9-11-26-12-10-22/h1-7,14H,8-13H2,(H,21,23). The first-order chi connectivity index (χ1) is 13.5. The summed E-state index contributed by atoms with van der Waals surface area (Å²) in [7, 11) is -3.62. The molecule has 1 aliphatic heterocycles. The molecule has 2 aromatic carbocycles. The Morgan fingerprint density at radius 2 is 1.86 bits per heavy atom. The van der Waals surface area contributed by atoms with Crippen LogP contribution in [-0.4, -0.2) is 57.2 Å². The Morgan fingerprint density at radius 3 is 2.57 bits per heavy atom. The number of nitrogens with one attached hydrogen (secondary N) is 1. The summed E-state index contributed by atoms with van der Waals surface area (Å²) >= 11 is 5.04. The highest BCUT2D eigenvalue weighted by Gasteiger charge is 2.26. The van der Waals surface area contributed by atoms with Gasteiger partial charge in [-0.05, 0) is 42.5 Å². The zero-order valence-electron chi connectivity index (χ0n) is 15.1. The van der Waals surface area contributed by atoms with Crippen LogP contribution in [0.3, 0.4) is 0 Å². The smallest absolute Gasteiger partial charge is 0.251 e. The fraction of sp³-hybridized carbons (Fsp3) is 0.316. The van der Waals surface area contributed by atoms with Crippen LogP contribution in [0.5, 0.6) is 0 Å². The molecule has 9 heteroatoms. The van der Waals surface area contributed by atoms with Crippen molar-refractivity contribution >= 4 is 43.6 Å². The number of thioether (sulfide) groups is 1. The maximum Gasteiger partial charge on any atom is 0.251 e. The summed E-state index contributed by atoms with van der Waals surface area (Å²) in [6.07, 6.45) is 0. The molecule has 2 aromatic rings. The van der Waals surface area contributed by atoms with Crippen LogP contribution in [-0.2, 0) is 14.8 Å². The topological polar surface area (TPSA) is 75.7 Å². The molecule has 0 aliphatic carbocycles. The van der Waals surface area contributed by atoms with E-state index >= 15 is 0 Å². The second-order valence-electron chi connectivity index (χ2n) is 6.10. The molecule has 1 aliphatic rings. The first-order valence-electron chi connectivity index (χ1n) is 8.81. The number of carbonyl (C=O) groups is 1. The minimum absolute atomic E-state index is 0.131. The molecule has 150 valence electrons. The van der Waals surface area contributed by atoms with E-state index in [1.165, 1.54) is 16.4 Å². The van der Waals surface area contributed by atoms with Gasteiger partial charge in [0.1, 0.15) is 0 Å². The SMILES string of the molecule is O=C(NCCSc1ccc(Br)cc1)c1cccc(S(=O)(=O)N2CCOCC2)c1. The zero-order chi connectivity index (χ0) is 20.0. The minimum Gasteiger partial charge on any atom is -0.379 e. The Bertz CT molecular complexity index is 914. The molecule has 0 unspecified atom stereocenters. The summed E-state index contributed by atoms with van der Waals surface area (Å²) in [4.78, 5) is 13.7. The maximum atomic E-state index is 12.7. The molecule has 1 heterocycles. The number of morpholine rings is 1. The van der Waals surface area contributed by atoms with Crippen LogP contribution in [0.25, 0.3) is 0 Å². The number of nitrogens with zero attached hydrogens (tertiary/aromatic N) is 1. The number of sulfonamides is 1. The molecule has 0 aromatic heterocycles. The molecule has 0 saturated carbocycles. The van der Waals surface area contributed by atoms with E-state index in [0.717, 1.165) is 15.1 Å². The van der Waals surface area contributed by atoms with Crippen LogP contribution in [0.15, 0.2) is 62.8 Å². The summed E-state index contributed by atoms with van der Waals surface area (Å²) < 4.78 is 33.1. The maximum absolute atomic E-state index is 12.7. The summed E-state index contributed by atoms with van der Waals surface area (Å²) in [5.74, 6) is 0.439. The van der Waals surface area contributed by atoms with Gasteiger partial charge in [0.2, 0.25) is 10.0 Å². The molecule has 1 N–H and O–H groups in total. The van der Waals surface area contributed by atoms with E-state index in [0.29, 0.717) is 38.4 Å². The van der Waals surface area contributed by atoms with Crippen molar-refractivity contribution in [2.24, 2.45) is 0 Å². The van der Waals surface area contributed by atoms with E-state index in [1.54, 1.807) is 23.9 Å². The molecule has 0 atom stereocenters. The third kappa shape index (κ3) is 5.57. The van der Waals surface area contributed by atoms with Crippen molar-refractivity contribution in [3.63, 3.8) is 0 Å². The predicted octanol–water partition coefficient (Wildman–Crippen LogP) is 2.99. The second kappa shape index (κ2) is 9.89. The Kier molecular flexibility index (Phi) is 7.53. The summed E-state index contributed by atoms with van der Waals surface area (Å²) in [5, 5.41) is 2.84. The van der Waals surface area contributed by atoms with E-state index in [-0.39, 0.29) is 10.8 Å². The third-order valence-electron chi connectivity index (χ3n) is 4.17. The second-order valence-corrected chi connectivity index (χ2v) is 10.1. The lowest BCUT2D eigenvalue weighted by atomic mass is 10.2. The molecule has 28 heavy (non-hydrogen) atoms. The molecule has 0 bridgehead atoms. The van der Waals surface area contributed by atoms with Gasteiger partial charge in [0.15, 0.2) is 0 Å². The Morgan fingerprint density at radius 1 is 1.14 bits per heavy atom. The van der Waals surface area contributed by atoms with Gasteiger partial charge in [-0.2, -0.15) is 4.31 Å². The van der Waals surface area contributed by atoms with Crippen LogP contribution in [0.1, 0.15) is 10.4 Å². The normalized spacial score (nSPS) is 15.3. The lowest BCUT2D eigenvalue weighted by Gasteiger charge is -2.26. The van der Waals surface area contributed by atoms with Gasteiger partial charge >= 0.3 is 0 Å². The van der Waals surface area contributed by atoms with Gasteiger partial charge in [-0.1, -0.05) is 22.0 Å². The number of benzene rings is 2. The van der Waals surface area contributed by atoms with Gasteiger partial charge in [0, 0.05) is 40.3 Å². The van der Waals surface area contributed by atoms with Crippen molar-refractivity contribution < 1.29 is 17.9 Å². The Balaban J connectivity index is 1.56. The number of rotatable bonds is 7. The number of amides is 1. The van der Waals surface area contributed by atoms with Crippen LogP contribution >= 0.6 is 27.7 Å². The summed E-state index contributed by atoms with van der Waals surface area (Å²) in [6, 6.07) is 14.1. The highest BCUT2D eigenvalue weighted by atomic mass is 79.9. The Labute approximate surface area is 177 Å². The van der Waals surface area contributed by atoms with Gasteiger partial charge in [-0.3, -0.25) is 4.79 Å². The van der Waals surface area contributed by atoms with E-state index in [1.807, 2.05) is 24.3 Å². The number of halogens is 1. The minimum atomic E-state index is -3.62. The lowest BCUT2D eigenvalue weighted by Crippen LogP contribution is -2.40. The molecule has 1 amide bonds. The lowest BCUT2D eigenvalue weighted by molar-refractivity contribution is 0.0730. The molecular weight excluding hydrogens is 464 g/mol. The fourth-order valence-electron chi connectivity index (χ4n) is 2.70. The largest absolute Gasteiger partial charge is 0.379 e. The van der Waals surface area contributed by atoms with Crippen molar-refractivity contribution in [3.05, 3.63) is 58.6 Å². The summed E-state index contributed by atoms with van der Waals surface area (Å²) in [6.45, 7) is 1.91. The van der Waals surface area contributed by atoms with Crippen molar-refractivity contribution in [1.29, 1.82) is 0 Å². The average Bonchev–Trinajstić information content (AvgIpc) is 2.73. The molecule has 6 nitrogen and oxygen atoms in total. The molecule has 1 saturated heterocycles. The van der Waals surface area contributed by atoms with Crippen LogP contribution in [0.4, 0.5) is 0 Å². The first kappa shape index (κ1) is 21.3. The van der Waals surface area contributed by atoms with Gasteiger partial charge in [-0.15, -0.1) is 11.8 Å². The quantitative estimate of drug-likeness (QED) is 0.482. The molecule has 0 radical (unpaired) electrons. The van der Waals surface area contributed by atoms with Crippen LogP contribution in [0.2, 0.25) is 0 Å². The van der Waals surface area contributed by atoms with Gasteiger partial charge in [0.05, 0.1) is 18.1 Å². The number of hydrogen-bond donors (Lipinski definition) is 1. The highest BCUT2D eigenvalue weighted by Crippen LogP contribution is 2.20. The third-order valence-corrected chi connectivity index (χ3v) is 7.61. The van der Waals surface area contributed by atoms with E-state index < -0.39 is 10.0 Å². The predicted molar refractivity (Wildman–Crippen MR) is 113 cm³/mol. The number of carbonyl (C=O) groups excluding carboxylic acids is 1. The van der Waals surface area contributed by atoms with Crippen LogP contribution < -0.4 is 5.32 Å². The van der Waals surface area contributed by atoms with Gasteiger partial charge in [-0.25, -0.2) is 8.42 Å². The number of ether oxygens (including phenoxy) is 1. The van der Waals surface area contributed by atoms with Crippen molar-refractivity contribution in [2.75, 3.05) is 38.6 Å². The van der Waals surface area contributed by atoms with Crippen molar-refractivity contribution in [2.45, 2.75) is 9.79 Å². The molecule has 3 rings (SSSR count). The molecule has 0 spiro atoms. The van der Waals surface area contributed by atoms with Crippen molar-refractivity contribution in [1.82, 2.24) is 9.62 Å². The molecule has 1 fully saturated rings. The average molecular weight is 485 g/mol. The first-order valence-corrected chi connectivity index (χ1v) is 12.0. The van der Waals surface area contributed by atoms with Gasteiger partial charge in [0.25, 0.3) is 5.91 Å². The van der Waals surface area contributed by atoms with E-state index in [9.17, 15) is 13.2 Å². The van der Waals surface area contributed by atoms with Gasteiger partial charge < -0.3 is 10.1 Å². The Hall–Kier alpha value is -1.39. The monoisotopic (exact) mass is 484 g/mol. The summed E-state index contributed by atoms with van der Waals surface area (Å²) in [5.41, 5.74) is 0.336. The highest BCUT2D eigenvalue weighted by molar-refractivity contribution is 9.10. The fourth-order valence-corrected chi connectivity index (χ4v) is 5.19. The van der Waals surface area contributed by atoms with Crippen LogP contribution in [0, 0.1) is 0 Å². The zero-order valence-corrected chi connectivity index (χ0v) is 18.4.